The number of unbranched alkanes of at least 4 members (excludes halogenated alkanes) is 3. The number of nitrogens with one attached hydrogen (secondary N) is 2. The Morgan fingerprint density at radius 1 is 1.11 bits per heavy atom. The third kappa shape index (κ3) is 7.92. The van der Waals surface area contributed by atoms with Gasteiger partial charge in [0.15, 0.2) is 5.11 Å². The molecule has 1 aromatic rings. The molecule has 1 rings (SSSR count). The average molecular weight is 424 g/mol. The quantitative estimate of drug-likeness (QED) is 0.303. The summed E-state index contributed by atoms with van der Waals surface area (Å²) in [6, 6.07) is 6.19. The molecule has 0 aliphatic heterocycles. The minimum absolute atomic E-state index is 0.128. The van der Waals surface area contributed by atoms with Crippen LogP contribution in [0, 0.1) is 0 Å². The van der Waals surface area contributed by atoms with Crippen LogP contribution in [0.5, 0.6) is 0 Å². The van der Waals surface area contributed by atoms with Crippen molar-refractivity contribution in [1.82, 2.24) is 9.62 Å². The van der Waals surface area contributed by atoms with Gasteiger partial charge in [-0.25, -0.2) is 8.42 Å². The molecule has 28 heavy (non-hydrogen) atoms. The van der Waals surface area contributed by atoms with Gasteiger partial charge in [-0.1, -0.05) is 38.3 Å². The van der Waals surface area contributed by atoms with Gasteiger partial charge in [0.2, 0.25) is 15.9 Å². The van der Waals surface area contributed by atoms with E-state index in [2.05, 4.69) is 30.7 Å². The molecule has 0 saturated carbocycles. The zero-order valence-corrected chi connectivity index (χ0v) is 17.9. The first-order valence-corrected chi connectivity index (χ1v) is 11.1. The second-order valence-electron chi connectivity index (χ2n) is 6.24. The molecule has 6 nitrogen and oxygen atoms in total. The molecule has 0 fully saturated rings. The Balaban J connectivity index is 2.66. The maximum Gasteiger partial charge on any atom is 0.243 e. The fraction of sp³-hybridized carbons (Fsp3) is 0.400. The van der Waals surface area contributed by atoms with Crippen LogP contribution < -0.4 is 10.6 Å². The lowest BCUT2D eigenvalue weighted by Crippen LogP contribution is -2.34. The second-order valence-corrected chi connectivity index (χ2v) is 8.58. The van der Waals surface area contributed by atoms with Crippen molar-refractivity contribution >= 4 is 38.9 Å². The van der Waals surface area contributed by atoms with Crippen LogP contribution in [-0.4, -0.2) is 36.8 Å². The molecule has 0 saturated heterocycles. The van der Waals surface area contributed by atoms with Gasteiger partial charge in [-0.3, -0.25) is 4.79 Å². The standard InChI is InChI=1S/C20H29N3O3S2/c1-4-7-8-9-10-19(24)22-20(27)21-17-11-13-18(14-12-17)28(25,26)23(15-5-2)16-6-3/h5-6,11-14H,2-4,7-10,15-16H2,1H3,(H2,21,22,24,27). The zero-order valence-electron chi connectivity index (χ0n) is 16.3. The van der Waals surface area contributed by atoms with Gasteiger partial charge in [-0.05, 0) is 42.9 Å². The number of anilines is 1. The van der Waals surface area contributed by atoms with Gasteiger partial charge in [-0.2, -0.15) is 4.31 Å². The van der Waals surface area contributed by atoms with Crippen molar-refractivity contribution in [2.75, 3.05) is 18.4 Å². The van der Waals surface area contributed by atoms with Crippen molar-refractivity contribution in [1.29, 1.82) is 0 Å². The van der Waals surface area contributed by atoms with Gasteiger partial charge in [-0.15, -0.1) is 13.2 Å². The van der Waals surface area contributed by atoms with Crippen LogP contribution >= 0.6 is 12.2 Å². The summed E-state index contributed by atoms with van der Waals surface area (Å²) in [7, 11) is -3.64. The van der Waals surface area contributed by atoms with E-state index in [1.54, 1.807) is 12.1 Å². The lowest BCUT2D eigenvalue weighted by molar-refractivity contribution is -0.119. The Kier molecular flexibility index (Phi) is 10.7. The van der Waals surface area contributed by atoms with E-state index < -0.39 is 10.0 Å². The number of carbonyl (C=O) groups excluding carboxylic acids is 1. The third-order valence-electron chi connectivity index (χ3n) is 3.93. The summed E-state index contributed by atoms with van der Waals surface area (Å²) in [5.74, 6) is -0.128. The predicted octanol–water partition coefficient (Wildman–Crippen LogP) is 3.83. The molecule has 0 radical (unpaired) electrons. The number of hydrogen-bond acceptors (Lipinski definition) is 4. The highest BCUT2D eigenvalue weighted by Gasteiger charge is 2.22. The third-order valence-corrected chi connectivity index (χ3v) is 5.98. The van der Waals surface area contributed by atoms with Crippen molar-refractivity contribution in [3.8, 4) is 0 Å². The molecule has 0 aromatic heterocycles. The van der Waals surface area contributed by atoms with Crippen molar-refractivity contribution in [3.05, 3.63) is 49.6 Å². The number of carbonyl (C=O) groups is 1. The molecule has 0 aliphatic carbocycles. The van der Waals surface area contributed by atoms with Crippen LogP contribution in [0.4, 0.5) is 5.69 Å². The van der Waals surface area contributed by atoms with Crippen molar-refractivity contribution in [2.24, 2.45) is 0 Å². The van der Waals surface area contributed by atoms with E-state index in [0.29, 0.717) is 12.1 Å². The molecule has 0 heterocycles. The van der Waals surface area contributed by atoms with Crippen molar-refractivity contribution in [2.45, 2.75) is 43.9 Å². The van der Waals surface area contributed by atoms with Gasteiger partial charge in [0.1, 0.15) is 0 Å². The highest BCUT2D eigenvalue weighted by atomic mass is 32.2. The predicted molar refractivity (Wildman–Crippen MR) is 119 cm³/mol. The maximum absolute atomic E-state index is 12.7. The van der Waals surface area contributed by atoms with Crippen molar-refractivity contribution in [3.63, 3.8) is 0 Å². The minimum atomic E-state index is -3.64. The van der Waals surface area contributed by atoms with E-state index >= 15 is 0 Å². The Bertz CT molecular complexity index is 764. The van der Waals surface area contributed by atoms with E-state index in [9.17, 15) is 13.2 Å². The molecular weight excluding hydrogens is 394 g/mol. The monoisotopic (exact) mass is 423 g/mol. The summed E-state index contributed by atoms with van der Waals surface area (Å²) >= 11 is 5.14. The first-order chi connectivity index (χ1) is 13.3. The van der Waals surface area contributed by atoms with E-state index in [4.69, 9.17) is 12.2 Å². The van der Waals surface area contributed by atoms with Crippen LogP contribution in [0.15, 0.2) is 54.5 Å². The molecule has 1 aromatic carbocycles. The average Bonchev–Trinajstić information content (AvgIpc) is 2.65. The summed E-state index contributed by atoms with van der Waals surface area (Å²) in [6.07, 6.45) is 7.58. The van der Waals surface area contributed by atoms with Gasteiger partial charge in [0.25, 0.3) is 0 Å². The molecular formula is C20H29N3O3S2. The number of benzene rings is 1. The van der Waals surface area contributed by atoms with Crippen LogP contribution in [-0.2, 0) is 14.8 Å². The fourth-order valence-corrected chi connectivity index (χ4v) is 4.10. The summed E-state index contributed by atoms with van der Waals surface area (Å²) in [6.45, 7) is 9.69. The molecule has 1 amide bonds. The Labute approximate surface area is 173 Å². The molecule has 0 bridgehead atoms. The number of hydrogen-bond donors (Lipinski definition) is 2. The normalized spacial score (nSPS) is 11.1. The van der Waals surface area contributed by atoms with Crippen LogP contribution in [0.3, 0.4) is 0 Å². The topological polar surface area (TPSA) is 78.5 Å². The molecule has 0 atom stereocenters. The smallest absolute Gasteiger partial charge is 0.243 e. The lowest BCUT2D eigenvalue weighted by atomic mass is 10.1. The van der Waals surface area contributed by atoms with Crippen molar-refractivity contribution < 1.29 is 13.2 Å². The highest BCUT2D eigenvalue weighted by molar-refractivity contribution is 7.89. The number of amides is 1. The number of nitrogens with zero attached hydrogens (tertiary/aromatic N) is 1. The summed E-state index contributed by atoms with van der Waals surface area (Å²) in [4.78, 5) is 12.0. The highest BCUT2D eigenvalue weighted by Crippen LogP contribution is 2.18. The van der Waals surface area contributed by atoms with Gasteiger partial charge in [0.05, 0.1) is 4.90 Å². The molecule has 154 valence electrons. The Morgan fingerprint density at radius 3 is 2.25 bits per heavy atom. The van der Waals surface area contributed by atoms with E-state index in [1.807, 2.05) is 0 Å². The van der Waals surface area contributed by atoms with E-state index in [-0.39, 0.29) is 29.0 Å². The first-order valence-electron chi connectivity index (χ1n) is 9.28. The van der Waals surface area contributed by atoms with Crippen LogP contribution in [0.25, 0.3) is 0 Å². The second kappa shape index (κ2) is 12.4. The van der Waals surface area contributed by atoms with E-state index in [0.717, 1.165) is 25.7 Å². The Hall–Kier alpha value is -2.03. The van der Waals surface area contributed by atoms with Gasteiger partial charge >= 0.3 is 0 Å². The summed E-state index contributed by atoms with van der Waals surface area (Å²) in [5, 5.41) is 5.72. The maximum atomic E-state index is 12.7. The fourth-order valence-electron chi connectivity index (χ4n) is 2.48. The number of sulfonamides is 1. The Morgan fingerprint density at radius 2 is 1.71 bits per heavy atom. The molecule has 8 heteroatoms. The molecule has 0 aliphatic rings. The SMILES string of the molecule is C=CCN(CC=C)S(=O)(=O)c1ccc(NC(=S)NC(=O)CCCCCC)cc1. The molecule has 0 unspecified atom stereocenters. The largest absolute Gasteiger partial charge is 0.332 e. The lowest BCUT2D eigenvalue weighted by Gasteiger charge is -2.19. The molecule has 2 N–H and O–H groups in total. The van der Waals surface area contributed by atoms with Gasteiger partial charge < -0.3 is 10.6 Å². The van der Waals surface area contributed by atoms with Crippen LogP contribution in [0.2, 0.25) is 0 Å². The first kappa shape index (κ1) is 24.0. The number of thiocarbonyl (C=S) groups is 1. The minimum Gasteiger partial charge on any atom is -0.332 e. The summed E-state index contributed by atoms with van der Waals surface area (Å²) in [5.41, 5.74) is 0.592. The van der Waals surface area contributed by atoms with E-state index in [1.165, 1.54) is 28.6 Å². The molecule has 0 spiro atoms. The summed E-state index contributed by atoms with van der Waals surface area (Å²) < 4.78 is 26.6. The number of rotatable bonds is 12. The van der Waals surface area contributed by atoms with Gasteiger partial charge in [0, 0.05) is 25.2 Å². The van der Waals surface area contributed by atoms with Crippen LogP contribution in [0.1, 0.15) is 39.0 Å². The zero-order chi connectivity index (χ0) is 21.0.